The van der Waals surface area contributed by atoms with Gasteiger partial charge in [0.05, 0.1) is 20.4 Å². The standard InChI is InChI=1S/C30H18BrNS.C19H11BrS.C12H9Br/c31-25-18-24-22-13-4-6-15-26(22)32(21-12-8-11-20(17-21)19-9-2-1-3-10-19)29(24)28-23-14-5-7-16-27(23)33-30(25)28;20-16-10-14-12-6-2-1-5-11(12)9-15(14)18-13-7-3-4-8-17(13)21-19(16)18;13-12-8-4-7-11(9-12)10-5-2-1-3-6-10/h1-18H;1-8,10H,9H2;1-9H. The molecule has 14 rings (SSSR count). The molecule has 67 heavy (non-hydrogen) atoms. The molecule has 0 aliphatic heterocycles. The molecule has 0 radical (unpaired) electrons. The Morgan fingerprint density at radius 2 is 0.925 bits per heavy atom. The first-order valence-corrected chi connectivity index (χ1v) is 26.2. The molecule has 10 aromatic carbocycles. The summed E-state index contributed by atoms with van der Waals surface area (Å²) in [5, 5.41) is 8.02. The predicted octanol–water partition coefficient (Wildman–Crippen LogP) is 20.1. The van der Waals surface area contributed by atoms with Crippen molar-refractivity contribution in [2.24, 2.45) is 0 Å². The van der Waals surface area contributed by atoms with Gasteiger partial charge >= 0.3 is 0 Å². The molecule has 0 amide bonds. The van der Waals surface area contributed by atoms with E-state index in [2.05, 4.69) is 253 Å². The molecule has 0 bridgehead atoms. The van der Waals surface area contributed by atoms with Gasteiger partial charge in [-0.3, -0.25) is 0 Å². The lowest BCUT2D eigenvalue weighted by Crippen LogP contribution is -1.95. The summed E-state index contributed by atoms with van der Waals surface area (Å²) in [4.78, 5) is 0. The number of aromatic nitrogens is 1. The van der Waals surface area contributed by atoms with E-state index in [0.29, 0.717) is 0 Å². The predicted molar refractivity (Wildman–Crippen MR) is 302 cm³/mol. The van der Waals surface area contributed by atoms with Gasteiger partial charge in [0.1, 0.15) is 0 Å². The quantitative estimate of drug-likeness (QED) is 0.166. The van der Waals surface area contributed by atoms with Crippen LogP contribution in [0.5, 0.6) is 0 Å². The number of benzene rings is 10. The van der Waals surface area contributed by atoms with Crippen LogP contribution in [0.4, 0.5) is 0 Å². The maximum absolute atomic E-state index is 3.89. The Hall–Kier alpha value is -6.12. The van der Waals surface area contributed by atoms with Crippen molar-refractivity contribution in [3.8, 4) is 39.1 Å². The van der Waals surface area contributed by atoms with Gasteiger partial charge in [0.2, 0.25) is 0 Å². The molecule has 1 aliphatic rings. The van der Waals surface area contributed by atoms with Crippen molar-refractivity contribution in [2.45, 2.75) is 6.42 Å². The zero-order chi connectivity index (χ0) is 45.0. The average Bonchev–Trinajstić information content (AvgIpc) is 4.15. The zero-order valence-electron chi connectivity index (χ0n) is 35.9. The summed E-state index contributed by atoms with van der Waals surface area (Å²) in [5.74, 6) is 0. The minimum atomic E-state index is 1.05. The minimum absolute atomic E-state index is 1.05. The van der Waals surface area contributed by atoms with E-state index in [0.717, 1.165) is 15.4 Å². The molecule has 6 heteroatoms. The largest absolute Gasteiger partial charge is 0.309 e. The van der Waals surface area contributed by atoms with Crippen LogP contribution in [0.25, 0.3) is 101 Å². The van der Waals surface area contributed by atoms with Crippen LogP contribution >= 0.6 is 70.5 Å². The minimum Gasteiger partial charge on any atom is -0.309 e. The molecular weight excluding hydrogens is 1050 g/mol. The third kappa shape index (κ3) is 7.66. The molecule has 1 nitrogen and oxygen atoms in total. The fourth-order valence-electron chi connectivity index (χ4n) is 9.80. The number of hydrogen-bond donors (Lipinski definition) is 0. The summed E-state index contributed by atoms with van der Waals surface area (Å²) in [5.41, 5.74) is 14.4. The Bertz CT molecular complexity index is 4000. The van der Waals surface area contributed by atoms with Gasteiger partial charge in [0, 0.05) is 60.8 Å². The molecule has 320 valence electrons. The number of fused-ring (bicyclic) bond motifs is 14. The van der Waals surface area contributed by atoms with Crippen molar-refractivity contribution in [1.82, 2.24) is 4.57 Å². The maximum atomic E-state index is 3.89. The number of thiophene rings is 2. The molecule has 13 aromatic rings. The van der Waals surface area contributed by atoms with Crippen LogP contribution < -0.4 is 0 Å². The van der Waals surface area contributed by atoms with E-state index in [4.69, 9.17) is 0 Å². The Morgan fingerprint density at radius 1 is 0.388 bits per heavy atom. The van der Waals surface area contributed by atoms with Crippen molar-refractivity contribution in [3.05, 3.63) is 243 Å². The highest BCUT2D eigenvalue weighted by atomic mass is 79.9. The summed E-state index contributed by atoms with van der Waals surface area (Å²) in [6.45, 7) is 0. The summed E-state index contributed by atoms with van der Waals surface area (Å²) in [7, 11) is 0. The van der Waals surface area contributed by atoms with Gasteiger partial charge in [-0.1, -0.05) is 180 Å². The first kappa shape index (κ1) is 42.2. The molecular formula is C61H38Br3NS2. The van der Waals surface area contributed by atoms with E-state index in [9.17, 15) is 0 Å². The number of nitrogens with zero attached hydrogens (tertiary/aromatic N) is 1. The van der Waals surface area contributed by atoms with Gasteiger partial charge < -0.3 is 4.57 Å². The van der Waals surface area contributed by atoms with Crippen LogP contribution in [0.2, 0.25) is 0 Å². The van der Waals surface area contributed by atoms with Gasteiger partial charge in [-0.15, -0.1) is 22.7 Å². The first-order chi connectivity index (χ1) is 33.0. The van der Waals surface area contributed by atoms with Crippen LogP contribution in [-0.2, 0) is 6.42 Å². The van der Waals surface area contributed by atoms with Gasteiger partial charge in [-0.25, -0.2) is 0 Å². The van der Waals surface area contributed by atoms with Crippen molar-refractivity contribution < 1.29 is 0 Å². The van der Waals surface area contributed by atoms with Crippen LogP contribution in [0.15, 0.2) is 232 Å². The number of para-hydroxylation sites is 1. The number of rotatable bonds is 3. The third-order valence-electron chi connectivity index (χ3n) is 12.8. The molecule has 0 N–H and O–H groups in total. The molecule has 0 spiro atoms. The average molecular weight is 1090 g/mol. The van der Waals surface area contributed by atoms with Gasteiger partial charge in [-0.05, 0) is 137 Å². The second-order valence-electron chi connectivity index (χ2n) is 16.7. The lowest BCUT2D eigenvalue weighted by molar-refractivity contribution is 1.19. The topological polar surface area (TPSA) is 4.93 Å². The summed E-state index contributed by atoms with van der Waals surface area (Å²) >= 11 is 14.9. The SMILES string of the molecule is Brc1cc2c(c3c1sc1ccccc13)Cc1ccccc1-2.Brc1cc2c3ccccc3n(-c3cccc(-c4ccccc4)c3)c2c2c1sc1ccccc12.Brc1cccc(-c2ccccc2)c1. The summed E-state index contributed by atoms with van der Waals surface area (Å²) < 4.78 is 11.3. The Labute approximate surface area is 422 Å². The number of halogens is 3. The van der Waals surface area contributed by atoms with E-state index in [1.54, 1.807) is 0 Å². The van der Waals surface area contributed by atoms with Gasteiger partial charge in [0.15, 0.2) is 0 Å². The zero-order valence-corrected chi connectivity index (χ0v) is 42.3. The van der Waals surface area contributed by atoms with Crippen LogP contribution in [-0.4, -0.2) is 4.57 Å². The monoisotopic (exact) mass is 1080 g/mol. The van der Waals surface area contributed by atoms with Gasteiger partial charge in [-0.2, -0.15) is 0 Å². The molecule has 0 atom stereocenters. The smallest absolute Gasteiger partial charge is 0.0635 e. The molecule has 3 heterocycles. The normalized spacial score (nSPS) is 11.7. The van der Waals surface area contributed by atoms with Crippen molar-refractivity contribution in [2.75, 3.05) is 0 Å². The Morgan fingerprint density at radius 3 is 1.63 bits per heavy atom. The molecule has 0 saturated carbocycles. The first-order valence-electron chi connectivity index (χ1n) is 22.2. The second-order valence-corrected chi connectivity index (χ2v) is 21.5. The highest BCUT2D eigenvalue weighted by Crippen LogP contribution is 2.49. The highest BCUT2D eigenvalue weighted by molar-refractivity contribution is 9.11. The number of hydrogen-bond acceptors (Lipinski definition) is 2. The fraction of sp³-hybridized carbons (Fsp3) is 0.0164. The van der Waals surface area contributed by atoms with E-state index >= 15 is 0 Å². The van der Waals surface area contributed by atoms with Crippen molar-refractivity contribution in [3.63, 3.8) is 0 Å². The molecule has 0 fully saturated rings. The van der Waals surface area contributed by atoms with E-state index in [1.165, 1.54) is 117 Å². The van der Waals surface area contributed by atoms with Crippen LogP contribution in [0, 0.1) is 0 Å². The van der Waals surface area contributed by atoms with E-state index in [-0.39, 0.29) is 0 Å². The summed E-state index contributed by atoms with van der Waals surface area (Å²) in [6.07, 6.45) is 1.05. The molecule has 0 saturated heterocycles. The lowest BCUT2D eigenvalue weighted by Gasteiger charge is -2.11. The molecule has 3 aromatic heterocycles. The Balaban J connectivity index is 0.000000117. The Kier molecular flexibility index (Phi) is 11.2. The van der Waals surface area contributed by atoms with E-state index in [1.807, 2.05) is 40.9 Å². The van der Waals surface area contributed by atoms with Gasteiger partial charge in [0.25, 0.3) is 0 Å². The van der Waals surface area contributed by atoms with Crippen molar-refractivity contribution in [1.29, 1.82) is 0 Å². The molecule has 1 aliphatic carbocycles. The highest BCUT2D eigenvalue weighted by Gasteiger charge is 2.24. The van der Waals surface area contributed by atoms with Crippen molar-refractivity contribution >= 4 is 133 Å². The van der Waals surface area contributed by atoms with Crippen LogP contribution in [0.3, 0.4) is 0 Å². The molecule has 0 unspecified atom stereocenters. The second kappa shape index (κ2) is 17.8. The van der Waals surface area contributed by atoms with Crippen LogP contribution in [0.1, 0.15) is 11.1 Å². The maximum Gasteiger partial charge on any atom is 0.0635 e. The van der Waals surface area contributed by atoms with E-state index < -0.39 is 0 Å². The third-order valence-corrected chi connectivity index (χ3v) is 17.4. The fourth-order valence-corrected chi connectivity index (χ4v) is 13.8. The summed E-state index contributed by atoms with van der Waals surface area (Å²) in [6, 6.07) is 77.8. The lowest BCUT2D eigenvalue weighted by atomic mass is 10.0.